The fourth-order valence-electron chi connectivity index (χ4n) is 1.39. The molecule has 2 heterocycles. The van der Waals surface area contributed by atoms with E-state index < -0.39 is 0 Å². The van der Waals surface area contributed by atoms with Crippen molar-refractivity contribution in [1.82, 2.24) is 9.97 Å². The van der Waals surface area contributed by atoms with Gasteiger partial charge in [0.1, 0.15) is 16.6 Å². The number of thioether (sulfide) groups is 1. The Morgan fingerprint density at radius 3 is 3.07 bits per heavy atom. The van der Waals surface area contributed by atoms with Gasteiger partial charge in [0.2, 0.25) is 0 Å². The summed E-state index contributed by atoms with van der Waals surface area (Å²) < 4.78 is 7.10. The van der Waals surface area contributed by atoms with Crippen LogP contribution < -0.4 is 0 Å². The van der Waals surface area contributed by atoms with Crippen LogP contribution in [0.3, 0.4) is 0 Å². The normalized spacial score (nSPS) is 21.6. The summed E-state index contributed by atoms with van der Waals surface area (Å²) in [5, 5.41) is 0. The van der Waals surface area contributed by atoms with Crippen molar-refractivity contribution in [2.45, 2.75) is 13.0 Å². The van der Waals surface area contributed by atoms with Gasteiger partial charge in [0.25, 0.3) is 0 Å². The van der Waals surface area contributed by atoms with Gasteiger partial charge in [-0.25, -0.2) is 4.98 Å². The van der Waals surface area contributed by atoms with Crippen molar-refractivity contribution in [3.05, 3.63) is 20.6 Å². The Labute approximate surface area is 106 Å². The molecule has 0 saturated carbocycles. The van der Waals surface area contributed by atoms with Gasteiger partial charge < -0.3 is 9.72 Å². The predicted octanol–water partition coefficient (Wildman–Crippen LogP) is 3.01. The van der Waals surface area contributed by atoms with Gasteiger partial charge >= 0.3 is 0 Å². The highest BCUT2D eigenvalue weighted by Crippen LogP contribution is 2.25. The van der Waals surface area contributed by atoms with Gasteiger partial charge in [-0.3, -0.25) is 0 Å². The van der Waals surface area contributed by atoms with E-state index in [1.54, 1.807) is 0 Å². The summed E-state index contributed by atoms with van der Waals surface area (Å²) in [5.74, 6) is 2.85. The summed E-state index contributed by atoms with van der Waals surface area (Å²) in [6.07, 6.45) is 0.0530. The second-order valence-electron chi connectivity index (χ2n) is 3.30. The first-order chi connectivity index (χ1) is 7.18. The molecule has 1 aromatic rings. The lowest BCUT2D eigenvalue weighted by atomic mass is 10.3. The Balaban J connectivity index is 2.32. The molecule has 1 aromatic heterocycles. The Bertz CT molecular complexity index is 415. The van der Waals surface area contributed by atoms with Gasteiger partial charge in [-0.1, -0.05) is 12.2 Å². The van der Waals surface area contributed by atoms with Crippen LogP contribution in [-0.2, 0) is 4.74 Å². The molecule has 0 bridgehead atoms. The minimum absolute atomic E-state index is 0.0530. The SMILES string of the molecule is Cc1[nH]c(C2CSCCO2)nc(=S)c1Br. The topological polar surface area (TPSA) is 37.9 Å². The number of ether oxygens (including phenoxy) is 1. The summed E-state index contributed by atoms with van der Waals surface area (Å²) in [7, 11) is 0. The van der Waals surface area contributed by atoms with Gasteiger partial charge in [0, 0.05) is 17.2 Å². The summed E-state index contributed by atoms with van der Waals surface area (Å²) in [5.41, 5.74) is 1.00. The van der Waals surface area contributed by atoms with E-state index in [-0.39, 0.29) is 6.10 Å². The Morgan fingerprint density at radius 2 is 2.47 bits per heavy atom. The number of nitrogens with zero attached hydrogens (tertiary/aromatic N) is 1. The van der Waals surface area contributed by atoms with Crippen LogP contribution in [-0.4, -0.2) is 28.1 Å². The van der Waals surface area contributed by atoms with E-state index in [4.69, 9.17) is 17.0 Å². The monoisotopic (exact) mass is 306 g/mol. The van der Waals surface area contributed by atoms with Crippen LogP contribution in [0.15, 0.2) is 4.47 Å². The quantitative estimate of drug-likeness (QED) is 0.809. The number of hydrogen-bond acceptors (Lipinski definition) is 4. The molecule has 3 nitrogen and oxygen atoms in total. The zero-order valence-corrected chi connectivity index (χ0v) is 11.5. The number of hydrogen-bond donors (Lipinski definition) is 1. The van der Waals surface area contributed by atoms with Crippen molar-refractivity contribution in [2.75, 3.05) is 18.1 Å². The molecule has 0 amide bonds. The molecule has 0 radical (unpaired) electrons. The average Bonchev–Trinajstić information content (AvgIpc) is 2.26. The highest BCUT2D eigenvalue weighted by molar-refractivity contribution is 9.10. The van der Waals surface area contributed by atoms with Gasteiger partial charge in [0.05, 0.1) is 11.1 Å². The second kappa shape index (κ2) is 4.95. The molecule has 6 heteroatoms. The number of halogens is 1. The Kier molecular flexibility index (Phi) is 3.82. The van der Waals surface area contributed by atoms with Crippen molar-refractivity contribution in [3.8, 4) is 0 Å². The lowest BCUT2D eigenvalue weighted by molar-refractivity contribution is 0.0692. The molecular formula is C9H11BrN2OS2. The number of rotatable bonds is 1. The van der Waals surface area contributed by atoms with E-state index in [0.717, 1.165) is 34.1 Å². The molecule has 0 aliphatic carbocycles. The van der Waals surface area contributed by atoms with E-state index in [2.05, 4.69) is 25.9 Å². The van der Waals surface area contributed by atoms with E-state index >= 15 is 0 Å². The molecule has 1 N–H and O–H groups in total. The van der Waals surface area contributed by atoms with Crippen LogP contribution >= 0.6 is 39.9 Å². The molecule has 0 spiro atoms. The standard InChI is InChI=1S/C9H11BrN2OS2/c1-5-7(10)9(14)12-8(11-5)6-4-15-3-2-13-6/h6H,2-4H2,1H3,(H,11,12,14). The molecule has 1 saturated heterocycles. The molecule has 1 fully saturated rings. The zero-order chi connectivity index (χ0) is 10.8. The molecule has 1 aliphatic heterocycles. The smallest absolute Gasteiger partial charge is 0.144 e. The van der Waals surface area contributed by atoms with Crippen molar-refractivity contribution in [3.63, 3.8) is 0 Å². The minimum atomic E-state index is 0.0530. The third-order valence-electron chi connectivity index (χ3n) is 2.18. The third kappa shape index (κ3) is 2.61. The van der Waals surface area contributed by atoms with Gasteiger partial charge in [-0.2, -0.15) is 11.8 Å². The number of H-pyrrole nitrogens is 1. The fourth-order valence-corrected chi connectivity index (χ4v) is 2.68. The first kappa shape index (κ1) is 11.6. The maximum atomic E-state index is 5.64. The largest absolute Gasteiger partial charge is 0.369 e. The molecule has 2 rings (SSSR count). The van der Waals surface area contributed by atoms with Crippen molar-refractivity contribution >= 4 is 39.9 Å². The van der Waals surface area contributed by atoms with Crippen LogP contribution in [0.4, 0.5) is 0 Å². The molecular weight excluding hydrogens is 296 g/mol. The van der Waals surface area contributed by atoms with Crippen LogP contribution in [0, 0.1) is 11.6 Å². The van der Waals surface area contributed by atoms with Crippen molar-refractivity contribution < 1.29 is 4.74 Å². The van der Waals surface area contributed by atoms with E-state index in [1.165, 1.54) is 0 Å². The first-order valence-corrected chi connectivity index (χ1v) is 6.99. The van der Waals surface area contributed by atoms with Crippen LogP contribution in [0.5, 0.6) is 0 Å². The molecule has 1 atom stereocenters. The number of aryl methyl sites for hydroxylation is 1. The first-order valence-electron chi connectivity index (χ1n) is 4.64. The average molecular weight is 307 g/mol. The molecule has 15 heavy (non-hydrogen) atoms. The van der Waals surface area contributed by atoms with Crippen molar-refractivity contribution in [1.29, 1.82) is 0 Å². The molecule has 1 aliphatic rings. The zero-order valence-electron chi connectivity index (χ0n) is 8.25. The predicted molar refractivity (Wildman–Crippen MR) is 67.9 cm³/mol. The summed E-state index contributed by atoms with van der Waals surface area (Å²) in [6, 6.07) is 0. The number of nitrogens with one attached hydrogen (secondary N) is 1. The van der Waals surface area contributed by atoms with E-state index in [1.807, 2.05) is 18.7 Å². The Hall–Kier alpha value is 0.0900. The second-order valence-corrected chi connectivity index (χ2v) is 5.63. The lowest BCUT2D eigenvalue weighted by Gasteiger charge is -2.21. The van der Waals surface area contributed by atoms with E-state index in [9.17, 15) is 0 Å². The fraction of sp³-hybridized carbons (Fsp3) is 0.556. The molecule has 1 unspecified atom stereocenters. The van der Waals surface area contributed by atoms with Gasteiger partial charge in [0.15, 0.2) is 0 Å². The maximum Gasteiger partial charge on any atom is 0.144 e. The highest BCUT2D eigenvalue weighted by Gasteiger charge is 2.19. The number of aromatic nitrogens is 2. The maximum absolute atomic E-state index is 5.64. The summed E-state index contributed by atoms with van der Waals surface area (Å²) in [6.45, 7) is 2.76. The molecule has 82 valence electrons. The van der Waals surface area contributed by atoms with Crippen LogP contribution in [0.1, 0.15) is 17.6 Å². The Morgan fingerprint density at radius 1 is 1.67 bits per heavy atom. The van der Waals surface area contributed by atoms with Crippen molar-refractivity contribution in [2.24, 2.45) is 0 Å². The number of aromatic amines is 1. The van der Waals surface area contributed by atoms with Crippen LogP contribution in [0.25, 0.3) is 0 Å². The van der Waals surface area contributed by atoms with Crippen LogP contribution in [0.2, 0.25) is 0 Å². The summed E-state index contributed by atoms with van der Waals surface area (Å²) >= 11 is 10.4. The van der Waals surface area contributed by atoms with Gasteiger partial charge in [-0.05, 0) is 22.9 Å². The minimum Gasteiger partial charge on any atom is -0.369 e. The molecule has 0 aromatic carbocycles. The third-order valence-corrected chi connectivity index (χ3v) is 4.70. The van der Waals surface area contributed by atoms with Gasteiger partial charge in [-0.15, -0.1) is 0 Å². The summed E-state index contributed by atoms with van der Waals surface area (Å²) in [4.78, 5) is 7.55. The van der Waals surface area contributed by atoms with E-state index in [0.29, 0.717) is 4.64 Å². The lowest BCUT2D eigenvalue weighted by Crippen LogP contribution is -2.18. The highest BCUT2D eigenvalue weighted by atomic mass is 79.9.